The van der Waals surface area contributed by atoms with Gasteiger partial charge < -0.3 is 11.1 Å². The molecule has 0 fully saturated rings. The van der Waals surface area contributed by atoms with Gasteiger partial charge in [-0.3, -0.25) is 4.98 Å². The molecule has 0 atom stereocenters. The number of nitrogens with zero attached hydrogens (tertiary/aromatic N) is 3. The van der Waals surface area contributed by atoms with E-state index in [4.69, 9.17) is 5.73 Å². The van der Waals surface area contributed by atoms with E-state index in [0.29, 0.717) is 6.54 Å². The molecule has 3 N–H and O–H groups in total. The van der Waals surface area contributed by atoms with Gasteiger partial charge in [-0.15, -0.1) is 0 Å². The van der Waals surface area contributed by atoms with Gasteiger partial charge in [0.15, 0.2) is 11.6 Å². The van der Waals surface area contributed by atoms with E-state index >= 15 is 0 Å². The average Bonchev–Trinajstić information content (AvgIpc) is 2.32. The summed E-state index contributed by atoms with van der Waals surface area (Å²) < 4.78 is 13.2. The van der Waals surface area contributed by atoms with Crippen molar-refractivity contribution in [2.45, 2.75) is 6.54 Å². The Hall–Kier alpha value is -2.24. The normalized spacial score (nSPS) is 10.1. The van der Waals surface area contributed by atoms with E-state index in [1.807, 2.05) is 12.1 Å². The molecule has 2 rings (SSSR count). The van der Waals surface area contributed by atoms with E-state index in [1.54, 1.807) is 12.4 Å². The van der Waals surface area contributed by atoms with Gasteiger partial charge in [0.1, 0.15) is 0 Å². The van der Waals surface area contributed by atoms with Crippen molar-refractivity contribution in [1.29, 1.82) is 0 Å². The summed E-state index contributed by atoms with van der Waals surface area (Å²) in [6.45, 7) is 0.432. The molecular weight excluding hydrogens is 209 g/mol. The number of nitrogens with one attached hydrogen (secondary N) is 1. The van der Waals surface area contributed by atoms with Gasteiger partial charge in [0.2, 0.25) is 5.95 Å². The highest BCUT2D eigenvalue weighted by molar-refractivity contribution is 5.39. The lowest BCUT2D eigenvalue weighted by atomic mass is 10.3. The molecule has 2 aromatic heterocycles. The highest BCUT2D eigenvalue weighted by atomic mass is 19.1. The summed E-state index contributed by atoms with van der Waals surface area (Å²) in [5, 5.41) is 2.82. The van der Waals surface area contributed by atoms with Crippen molar-refractivity contribution in [3.8, 4) is 0 Å². The number of hydrogen-bond donors (Lipinski definition) is 2. The average molecular weight is 219 g/mol. The number of anilines is 2. The van der Waals surface area contributed by atoms with Crippen molar-refractivity contribution >= 4 is 11.8 Å². The standard InChI is InChI=1S/C10H10FN5/c11-8-6-15-10(12)16-9(8)14-5-7-2-1-3-13-4-7/h1-4,6H,5H2,(H3,12,14,15,16). The van der Waals surface area contributed by atoms with E-state index in [2.05, 4.69) is 20.3 Å². The van der Waals surface area contributed by atoms with Crippen molar-refractivity contribution in [1.82, 2.24) is 15.0 Å². The topological polar surface area (TPSA) is 76.7 Å². The van der Waals surface area contributed by atoms with Gasteiger partial charge in [0.05, 0.1) is 6.20 Å². The van der Waals surface area contributed by atoms with Crippen molar-refractivity contribution in [2.24, 2.45) is 0 Å². The maximum Gasteiger partial charge on any atom is 0.222 e. The monoisotopic (exact) mass is 219 g/mol. The number of nitrogens with two attached hydrogens (primary N) is 1. The predicted octanol–water partition coefficient (Wildman–Crippen LogP) is 1.20. The summed E-state index contributed by atoms with van der Waals surface area (Å²) in [5.74, 6) is -0.399. The van der Waals surface area contributed by atoms with Crippen LogP contribution in [-0.4, -0.2) is 15.0 Å². The Morgan fingerprint density at radius 3 is 3.00 bits per heavy atom. The van der Waals surface area contributed by atoms with Crippen LogP contribution in [-0.2, 0) is 6.54 Å². The van der Waals surface area contributed by atoms with Crippen molar-refractivity contribution < 1.29 is 4.39 Å². The van der Waals surface area contributed by atoms with Crippen LogP contribution in [0.25, 0.3) is 0 Å². The van der Waals surface area contributed by atoms with E-state index in [-0.39, 0.29) is 11.8 Å². The second-order valence-electron chi connectivity index (χ2n) is 3.14. The summed E-state index contributed by atoms with van der Waals surface area (Å²) >= 11 is 0. The van der Waals surface area contributed by atoms with Crippen LogP contribution in [0.1, 0.15) is 5.56 Å². The number of halogens is 1. The highest BCUT2D eigenvalue weighted by Gasteiger charge is 2.04. The van der Waals surface area contributed by atoms with E-state index in [1.165, 1.54) is 0 Å². The zero-order valence-electron chi connectivity index (χ0n) is 8.39. The van der Waals surface area contributed by atoms with Crippen LogP contribution >= 0.6 is 0 Å². The maximum absolute atomic E-state index is 13.2. The number of rotatable bonds is 3. The molecule has 0 radical (unpaired) electrons. The van der Waals surface area contributed by atoms with Crippen molar-refractivity contribution in [3.05, 3.63) is 42.1 Å². The minimum atomic E-state index is -0.530. The molecule has 0 bridgehead atoms. The molecule has 2 heterocycles. The first-order valence-electron chi connectivity index (χ1n) is 4.66. The first-order chi connectivity index (χ1) is 7.75. The van der Waals surface area contributed by atoms with Crippen LogP contribution in [0.4, 0.5) is 16.2 Å². The number of nitrogen functional groups attached to an aromatic ring is 1. The number of hydrogen-bond acceptors (Lipinski definition) is 5. The molecule has 0 aliphatic heterocycles. The van der Waals surface area contributed by atoms with Crippen molar-refractivity contribution in [3.63, 3.8) is 0 Å². The van der Waals surface area contributed by atoms with Gasteiger partial charge in [-0.25, -0.2) is 9.37 Å². The van der Waals surface area contributed by atoms with E-state index in [0.717, 1.165) is 11.8 Å². The Labute approximate surface area is 91.6 Å². The largest absolute Gasteiger partial charge is 0.368 e. The highest BCUT2D eigenvalue weighted by Crippen LogP contribution is 2.11. The lowest BCUT2D eigenvalue weighted by Gasteiger charge is -2.06. The molecule has 0 unspecified atom stereocenters. The third-order valence-electron chi connectivity index (χ3n) is 1.95. The quantitative estimate of drug-likeness (QED) is 0.811. The van der Waals surface area contributed by atoms with Gasteiger partial charge >= 0.3 is 0 Å². The molecule has 2 aromatic rings. The van der Waals surface area contributed by atoms with Gasteiger partial charge in [0.25, 0.3) is 0 Å². The maximum atomic E-state index is 13.2. The molecule has 0 aromatic carbocycles. The van der Waals surface area contributed by atoms with Crippen LogP contribution in [0.2, 0.25) is 0 Å². The molecule has 16 heavy (non-hydrogen) atoms. The lowest BCUT2D eigenvalue weighted by Crippen LogP contribution is -2.06. The zero-order valence-corrected chi connectivity index (χ0v) is 8.39. The molecule has 0 amide bonds. The third kappa shape index (κ3) is 2.41. The van der Waals surface area contributed by atoms with Crippen LogP contribution in [0, 0.1) is 5.82 Å². The molecule has 0 aliphatic carbocycles. The zero-order chi connectivity index (χ0) is 11.4. The number of pyridine rings is 1. The minimum Gasteiger partial charge on any atom is -0.368 e. The Balaban J connectivity index is 2.08. The Bertz CT molecular complexity index is 474. The third-order valence-corrected chi connectivity index (χ3v) is 1.95. The number of aromatic nitrogens is 3. The molecule has 0 saturated heterocycles. The van der Waals surface area contributed by atoms with Gasteiger partial charge in [-0.1, -0.05) is 6.07 Å². The van der Waals surface area contributed by atoms with Crippen LogP contribution in [0.3, 0.4) is 0 Å². The fraction of sp³-hybridized carbons (Fsp3) is 0.100. The molecule has 0 aliphatic rings. The Kier molecular flexibility index (Phi) is 2.90. The first kappa shape index (κ1) is 10.3. The molecule has 5 nitrogen and oxygen atoms in total. The first-order valence-corrected chi connectivity index (χ1v) is 4.66. The summed E-state index contributed by atoms with van der Waals surface area (Å²) in [6, 6.07) is 3.68. The summed E-state index contributed by atoms with van der Waals surface area (Å²) in [6.07, 6.45) is 4.40. The van der Waals surface area contributed by atoms with Crippen molar-refractivity contribution in [2.75, 3.05) is 11.1 Å². The predicted molar refractivity (Wildman–Crippen MR) is 58.0 cm³/mol. The molecule has 6 heteroatoms. The van der Waals surface area contributed by atoms with Gasteiger partial charge in [-0.05, 0) is 11.6 Å². The SMILES string of the molecule is Nc1ncc(F)c(NCc2cccnc2)n1. The summed E-state index contributed by atoms with van der Waals surface area (Å²) in [5.41, 5.74) is 6.28. The Morgan fingerprint density at radius 1 is 1.38 bits per heavy atom. The van der Waals surface area contributed by atoms with Crippen LogP contribution in [0.5, 0.6) is 0 Å². The van der Waals surface area contributed by atoms with Crippen LogP contribution in [0.15, 0.2) is 30.7 Å². The Morgan fingerprint density at radius 2 is 2.25 bits per heavy atom. The van der Waals surface area contributed by atoms with E-state index < -0.39 is 5.82 Å². The molecule has 0 saturated carbocycles. The second kappa shape index (κ2) is 4.52. The van der Waals surface area contributed by atoms with Crippen LogP contribution < -0.4 is 11.1 Å². The lowest BCUT2D eigenvalue weighted by molar-refractivity contribution is 0.617. The summed E-state index contributed by atoms with van der Waals surface area (Å²) in [4.78, 5) is 11.2. The second-order valence-corrected chi connectivity index (χ2v) is 3.14. The molecular formula is C10H10FN5. The minimum absolute atomic E-state index is 0.0371. The molecule has 82 valence electrons. The van der Waals surface area contributed by atoms with E-state index in [9.17, 15) is 4.39 Å². The molecule has 0 spiro atoms. The summed E-state index contributed by atoms with van der Waals surface area (Å²) in [7, 11) is 0. The smallest absolute Gasteiger partial charge is 0.222 e. The van der Waals surface area contributed by atoms with Gasteiger partial charge in [0, 0.05) is 18.9 Å². The van der Waals surface area contributed by atoms with Gasteiger partial charge in [-0.2, -0.15) is 4.98 Å². The fourth-order valence-corrected chi connectivity index (χ4v) is 1.19. The fourth-order valence-electron chi connectivity index (χ4n) is 1.19.